The molecule has 4 rings (SSSR count). The fourth-order valence-corrected chi connectivity index (χ4v) is 3.88. The van der Waals surface area contributed by atoms with Crippen molar-refractivity contribution < 1.29 is 14.1 Å². The number of nitrogens with one attached hydrogen (secondary N) is 1. The van der Waals surface area contributed by atoms with Crippen LogP contribution in [0.5, 0.6) is 0 Å². The van der Waals surface area contributed by atoms with Gasteiger partial charge in [-0.15, -0.1) is 0 Å². The van der Waals surface area contributed by atoms with Crippen LogP contribution in [0.25, 0.3) is 0 Å². The number of amides is 1. The van der Waals surface area contributed by atoms with Crippen molar-refractivity contribution in [2.24, 2.45) is 17.8 Å². The number of carbonyl (C=O) groups is 1. The summed E-state index contributed by atoms with van der Waals surface area (Å²) in [4.78, 5) is 14.9. The molecule has 126 valence electrons. The first kappa shape index (κ1) is 15.1. The summed E-state index contributed by atoms with van der Waals surface area (Å²) in [7, 11) is 0. The highest BCUT2D eigenvalue weighted by Crippen LogP contribution is 2.35. The maximum atomic E-state index is 12.6. The number of hydrogen-bond donors (Lipinski definition) is 1. The lowest BCUT2D eigenvalue weighted by Crippen LogP contribution is -2.52. The number of hydrogen-bond acceptors (Lipinski definition) is 5. The zero-order valence-corrected chi connectivity index (χ0v) is 13.7. The summed E-state index contributed by atoms with van der Waals surface area (Å²) in [6.45, 7) is 5.90. The average molecular weight is 319 g/mol. The minimum absolute atomic E-state index is 0.0306. The number of nitrogens with zero attached hydrogens (tertiary/aromatic N) is 2. The molecule has 2 aliphatic heterocycles. The summed E-state index contributed by atoms with van der Waals surface area (Å²) in [5.41, 5.74) is 0.927. The van der Waals surface area contributed by atoms with Gasteiger partial charge < -0.3 is 14.6 Å². The molecular weight excluding hydrogens is 294 g/mol. The van der Waals surface area contributed by atoms with Gasteiger partial charge in [0.2, 0.25) is 5.91 Å². The third kappa shape index (κ3) is 3.43. The van der Waals surface area contributed by atoms with E-state index in [1.54, 1.807) is 0 Å². The van der Waals surface area contributed by atoms with E-state index in [2.05, 4.69) is 15.4 Å². The Bertz CT molecular complexity index is 569. The fraction of sp³-hybridized carbons (Fsp3) is 0.765. The van der Waals surface area contributed by atoms with E-state index in [-0.39, 0.29) is 17.9 Å². The molecule has 0 bridgehead atoms. The van der Waals surface area contributed by atoms with Crippen LogP contribution in [0.3, 0.4) is 0 Å². The molecule has 3 heterocycles. The van der Waals surface area contributed by atoms with Crippen LogP contribution in [0, 0.1) is 24.7 Å². The van der Waals surface area contributed by atoms with Gasteiger partial charge >= 0.3 is 0 Å². The molecule has 1 amide bonds. The molecule has 0 radical (unpaired) electrons. The Hall–Kier alpha value is -1.40. The van der Waals surface area contributed by atoms with E-state index in [4.69, 9.17) is 9.26 Å². The van der Waals surface area contributed by atoms with Crippen LogP contribution in [0.1, 0.15) is 30.7 Å². The van der Waals surface area contributed by atoms with Crippen LogP contribution in [-0.4, -0.2) is 48.3 Å². The molecule has 0 aromatic carbocycles. The number of carbonyl (C=O) groups excluding carboxylic acids is 1. The lowest BCUT2D eigenvalue weighted by molar-refractivity contribution is -0.131. The quantitative estimate of drug-likeness (QED) is 0.887. The van der Waals surface area contributed by atoms with E-state index in [0.29, 0.717) is 11.8 Å². The van der Waals surface area contributed by atoms with Gasteiger partial charge in [-0.05, 0) is 32.1 Å². The number of fused-ring (bicyclic) bond motifs is 1. The van der Waals surface area contributed by atoms with Gasteiger partial charge in [-0.1, -0.05) is 5.16 Å². The third-order valence-corrected chi connectivity index (χ3v) is 5.33. The fourth-order valence-electron chi connectivity index (χ4n) is 3.88. The van der Waals surface area contributed by atoms with Crippen LogP contribution in [-0.2, 0) is 16.1 Å². The number of piperidine rings is 1. The molecule has 6 nitrogen and oxygen atoms in total. The van der Waals surface area contributed by atoms with Crippen molar-refractivity contribution in [2.75, 3.05) is 26.2 Å². The van der Waals surface area contributed by atoms with Gasteiger partial charge in [0.05, 0.1) is 17.7 Å². The second-order valence-electron chi connectivity index (χ2n) is 7.28. The summed E-state index contributed by atoms with van der Waals surface area (Å²) in [5.74, 6) is 2.14. The van der Waals surface area contributed by atoms with Gasteiger partial charge in [-0.2, -0.15) is 0 Å². The molecule has 23 heavy (non-hydrogen) atoms. The summed E-state index contributed by atoms with van der Waals surface area (Å²) in [5, 5.41) is 7.24. The van der Waals surface area contributed by atoms with Crippen molar-refractivity contribution in [2.45, 2.75) is 38.8 Å². The van der Waals surface area contributed by atoms with Crippen molar-refractivity contribution in [1.82, 2.24) is 15.4 Å². The van der Waals surface area contributed by atoms with Crippen LogP contribution in [0.4, 0.5) is 0 Å². The van der Waals surface area contributed by atoms with Gasteiger partial charge in [-0.25, -0.2) is 0 Å². The lowest BCUT2D eigenvalue weighted by atomic mass is 9.82. The zero-order chi connectivity index (χ0) is 15.8. The normalized spacial score (nSPS) is 31.1. The highest BCUT2D eigenvalue weighted by Gasteiger charge is 2.44. The Morgan fingerprint density at radius 2 is 2.26 bits per heavy atom. The van der Waals surface area contributed by atoms with E-state index in [1.807, 2.05) is 13.0 Å². The van der Waals surface area contributed by atoms with E-state index < -0.39 is 0 Å². The number of aryl methyl sites for hydroxylation is 1. The average Bonchev–Trinajstić information content (AvgIpc) is 3.10. The van der Waals surface area contributed by atoms with E-state index in [1.165, 1.54) is 12.8 Å². The SMILES string of the molecule is Cc1cc(CN2C[C@H]3OCC[C@H]3[C@H](C(=O)NCC3CC3)C2)no1. The topological polar surface area (TPSA) is 67.6 Å². The van der Waals surface area contributed by atoms with Crippen molar-refractivity contribution in [3.63, 3.8) is 0 Å². The van der Waals surface area contributed by atoms with Crippen molar-refractivity contribution in [1.29, 1.82) is 0 Å². The Kier molecular flexibility index (Phi) is 4.11. The van der Waals surface area contributed by atoms with Gasteiger partial charge in [0.25, 0.3) is 0 Å². The van der Waals surface area contributed by atoms with Crippen LogP contribution >= 0.6 is 0 Å². The van der Waals surface area contributed by atoms with E-state index >= 15 is 0 Å². The molecule has 2 saturated heterocycles. The molecule has 1 aliphatic carbocycles. The monoisotopic (exact) mass is 319 g/mol. The largest absolute Gasteiger partial charge is 0.377 e. The zero-order valence-electron chi connectivity index (χ0n) is 13.7. The van der Waals surface area contributed by atoms with Crippen LogP contribution in [0.2, 0.25) is 0 Å². The number of aromatic nitrogens is 1. The molecule has 3 fully saturated rings. The summed E-state index contributed by atoms with van der Waals surface area (Å²) in [6.07, 6.45) is 3.70. The minimum Gasteiger partial charge on any atom is -0.377 e. The lowest BCUT2D eigenvalue weighted by Gasteiger charge is -2.39. The van der Waals surface area contributed by atoms with Crippen molar-refractivity contribution >= 4 is 5.91 Å². The highest BCUT2D eigenvalue weighted by molar-refractivity contribution is 5.79. The first-order chi connectivity index (χ1) is 11.2. The second kappa shape index (κ2) is 6.24. The second-order valence-corrected chi connectivity index (χ2v) is 7.28. The van der Waals surface area contributed by atoms with Gasteiger partial charge in [-0.3, -0.25) is 9.69 Å². The minimum atomic E-state index is 0.0306. The highest BCUT2D eigenvalue weighted by atomic mass is 16.5. The maximum Gasteiger partial charge on any atom is 0.224 e. The standard InChI is InChI=1S/C17H25N3O3/c1-11-6-13(19-23-11)8-20-9-15(14-4-5-22-16(14)10-20)17(21)18-7-12-2-3-12/h6,12,14-16H,2-5,7-10H2,1H3,(H,18,21)/t14-,15+,16+/m0/s1. The molecule has 3 atom stereocenters. The third-order valence-electron chi connectivity index (χ3n) is 5.33. The molecule has 3 aliphatic rings. The Labute approximate surface area is 136 Å². The Morgan fingerprint density at radius 1 is 1.39 bits per heavy atom. The van der Waals surface area contributed by atoms with Crippen molar-refractivity contribution in [3.8, 4) is 0 Å². The van der Waals surface area contributed by atoms with Crippen molar-refractivity contribution in [3.05, 3.63) is 17.5 Å². The number of rotatable bonds is 5. The molecule has 1 saturated carbocycles. The molecule has 1 aromatic heterocycles. The number of likely N-dealkylation sites (tertiary alicyclic amines) is 1. The number of ether oxygens (including phenoxy) is 1. The molecule has 6 heteroatoms. The predicted molar refractivity (Wildman–Crippen MR) is 83.6 cm³/mol. The Balaban J connectivity index is 1.41. The molecule has 1 N–H and O–H groups in total. The molecule has 0 unspecified atom stereocenters. The molecular formula is C17H25N3O3. The molecule has 0 spiro atoms. The molecule has 1 aromatic rings. The summed E-state index contributed by atoms with van der Waals surface area (Å²) in [6, 6.07) is 1.96. The van der Waals surface area contributed by atoms with Gasteiger partial charge in [0, 0.05) is 44.8 Å². The van der Waals surface area contributed by atoms with E-state index in [0.717, 1.165) is 50.7 Å². The van der Waals surface area contributed by atoms with Crippen LogP contribution < -0.4 is 5.32 Å². The van der Waals surface area contributed by atoms with Gasteiger partial charge in [0.1, 0.15) is 5.76 Å². The first-order valence-electron chi connectivity index (χ1n) is 8.73. The van der Waals surface area contributed by atoms with E-state index in [9.17, 15) is 4.79 Å². The summed E-state index contributed by atoms with van der Waals surface area (Å²) < 4.78 is 11.0. The van der Waals surface area contributed by atoms with Gasteiger partial charge in [0.15, 0.2) is 0 Å². The summed E-state index contributed by atoms with van der Waals surface area (Å²) >= 11 is 0. The first-order valence-corrected chi connectivity index (χ1v) is 8.73. The predicted octanol–water partition coefficient (Wildman–Crippen LogP) is 1.35. The smallest absolute Gasteiger partial charge is 0.224 e. The van der Waals surface area contributed by atoms with Crippen LogP contribution in [0.15, 0.2) is 10.6 Å². The maximum absolute atomic E-state index is 12.6. The Morgan fingerprint density at radius 3 is 3.00 bits per heavy atom.